The number of cyclic esters (lactones) is 1. The molecule has 0 fully saturated rings. The topological polar surface area (TPSA) is 130 Å². The van der Waals surface area contributed by atoms with Crippen LogP contribution in [0.3, 0.4) is 0 Å². The summed E-state index contributed by atoms with van der Waals surface area (Å²) < 4.78 is 27.0. The number of hydrogen-bond acceptors (Lipinski definition) is 9. The highest BCUT2D eigenvalue weighted by atomic mass is 16.5. The molecule has 1 N–H and O–H groups in total. The van der Waals surface area contributed by atoms with E-state index in [1.54, 1.807) is 48.5 Å². The molecular formula is C33H32N2O9. The predicted molar refractivity (Wildman–Crippen MR) is 161 cm³/mol. The molecule has 0 bridgehead atoms. The molecule has 1 unspecified atom stereocenters. The van der Waals surface area contributed by atoms with E-state index in [1.165, 1.54) is 34.5 Å². The number of carbonyl (C=O) groups excluding carboxylic acids is 4. The van der Waals surface area contributed by atoms with E-state index in [9.17, 15) is 19.2 Å². The molecule has 0 saturated carbocycles. The van der Waals surface area contributed by atoms with E-state index in [4.69, 9.17) is 23.7 Å². The van der Waals surface area contributed by atoms with Gasteiger partial charge in [-0.2, -0.15) is 4.90 Å². The van der Waals surface area contributed by atoms with Gasteiger partial charge in [-0.05, 0) is 60.4 Å². The van der Waals surface area contributed by atoms with E-state index in [0.717, 1.165) is 18.4 Å². The fourth-order valence-electron chi connectivity index (χ4n) is 5.36. The summed E-state index contributed by atoms with van der Waals surface area (Å²) >= 11 is 0. The molecular weight excluding hydrogens is 568 g/mol. The van der Waals surface area contributed by atoms with E-state index >= 15 is 0 Å². The number of rotatable bonds is 10. The van der Waals surface area contributed by atoms with Crippen LogP contribution in [0.1, 0.15) is 59.3 Å². The van der Waals surface area contributed by atoms with Crippen molar-refractivity contribution in [3.8, 4) is 23.0 Å². The lowest BCUT2D eigenvalue weighted by Gasteiger charge is -2.15. The Morgan fingerprint density at radius 2 is 1.32 bits per heavy atom. The number of unbranched alkanes of at least 4 members (excludes halogenated alkanes) is 1. The molecule has 2 heterocycles. The molecule has 0 saturated heterocycles. The number of benzene rings is 3. The molecule has 3 aromatic rings. The molecule has 5 rings (SSSR count). The number of fused-ring (bicyclic) bond motifs is 1. The van der Waals surface area contributed by atoms with E-state index in [1.807, 2.05) is 0 Å². The highest BCUT2D eigenvalue weighted by Crippen LogP contribution is 2.41. The first-order chi connectivity index (χ1) is 21.3. The van der Waals surface area contributed by atoms with Crippen molar-refractivity contribution in [2.24, 2.45) is 0 Å². The van der Waals surface area contributed by atoms with Crippen molar-refractivity contribution < 1.29 is 42.9 Å². The minimum Gasteiger partial charge on any atom is -0.493 e. The number of ether oxygens (including phenoxy) is 5. The van der Waals surface area contributed by atoms with Gasteiger partial charge in [-0.15, -0.1) is 0 Å². The quantitative estimate of drug-likeness (QED) is 0.232. The summed E-state index contributed by atoms with van der Waals surface area (Å²) in [7, 11) is 5.86. The Kier molecular flexibility index (Phi) is 8.57. The molecule has 0 spiro atoms. The van der Waals surface area contributed by atoms with Crippen LogP contribution < -0.4 is 24.3 Å². The maximum absolute atomic E-state index is 13.9. The van der Waals surface area contributed by atoms with Crippen molar-refractivity contribution in [2.75, 3.05) is 33.8 Å². The van der Waals surface area contributed by atoms with Crippen LogP contribution in [0.5, 0.6) is 23.0 Å². The van der Waals surface area contributed by atoms with Gasteiger partial charge in [-0.3, -0.25) is 9.59 Å². The van der Waals surface area contributed by atoms with Crippen molar-refractivity contribution in [2.45, 2.75) is 32.3 Å². The van der Waals surface area contributed by atoms with E-state index in [0.29, 0.717) is 51.0 Å². The highest BCUT2D eigenvalue weighted by molar-refractivity contribution is 6.52. The van der Waals surface area contributed by atoms with Gasteiger partial charge in [0, 0.05) is 11.3 Å². The standard InChI is InChI=1S/C33H32N2O9/c1-6-7-8-23-21-12-11-20(17-22(21)32(38)44-23)34-33(39)35-30(36)28(18-9-13-24(40-2)26(15-18)42-4)29(31(35)37)19-10-14-25(41-3)27(16-19)43-5/h9-17,23H,6-8H2,1-5H3,(H,34,39). The second-order valence-corrected chi connectivity index (χ2v) is 10.1. The molecule has 228 valence electrons. The SMILES string of the molecule is CCCCC1OC(=O)c2cc(NC(=O)N3C(=O)C(c4ccc(OC)c(OC)c4)=C(c4ccc(OC)c(OC)c4)C3=O)ccc21. The molecule has 2 aliphatic rings. The number of hydrogen-bond donors (Lipinski definition) is 1. The molecule has 0 radical (unpaired) electrons. The zero-order valence-electron chi connectivity index (χ0n) is 25.0. The van der Waals surface area contributed by atoms with Gasteiger partial charge < -0.3 is 29.0 Å². The third-order valence-corrected chi connectivity index (χ3v) is 7.57. The number of methoxy groups -OCH3 is 4. The molecule has 1 atom stereocenters. The summed E-state index contributed by atoms with van der Waals surface area (Å²) in [4.78, 5) is 54.5. The fraction of sp³-hybridized carbons (Fsp3) is 0.273. The number of imide groups is 3. The molecule has 44 heavy (non-hydrogen) atoms. The van der Waals surface area contributed by atoms with Gasteiger partial charge in [-0.25, -0.2) is 9.59 Å². The van der Waals surface area contributed by atoms with Crippen LogP contribution in [-0.2, 0) is 14.3 Å². The Balaban J connectivity index is 1.53. The van der Waals surface area contributed by atoms with Crippen molar-refractivity contribution in [3.63, 3.8) is 0 Å². The first-order valence-corrected chi connectivity index (χ1v) is 14.0. The second kappa shape index (κ2) is 12.5. The van der Waals surface area contributed by atoms with Crippen LogP contribution in [0.25, 0.3) is 11.1 Å². The van der Waals surface area contributed by atoms with Crippen molar-refractivity contribution in [1.82, 2.24) is 4.90 Å². The molecule has 2 aliphatic heterocycles. The number of nitrogens with zero attached hydrogens (tertiary/aromatic N) is 1. The molecule has 11 nitrogen and oxygen atoms in total. The Morgan fingerprint density at radius 1 is 0.773 bits per heavy atom. The minimum absolute atomic E-state index is 0.0189. The molecule has 4 amide bonds. The minimum atomic E-state index is -0.984. The number of amides is 4. The van der Waals surface area contributed by atoms with Gasteiger partial charge in [-0.1, -0.05) is 31.5 Å². The average molecular weight is 601 g/mol. The number of urea groups is 1. The normalized spacial score (nSPS) is 15.7. The highest BCUT2D eigenvalue weighted by Gasteiger charge is 2.44. The second-order valence-electron chi connectivity index (χ2n) is 10.1. The molecule has 11 heteroatoms. The van der Waals surface area contributed by atoms with Crippen LogP contribution in [0, 0.1) is 0 Å². The van der Waals surface area contributed by atoms with Crippen LogP contribution >= 0.6 is 0 Å². The van der Waals surface area contributed by atoms with E-state index in [-0.39, 0.29) is 22.9 Å². The Morgan fingerprint density at radius 3 is 1.82 bits per heavy atom. The van der Waals surface area contributed by atoms with Gasteiger partial charge in [0.05, 0.1) is 45.1 Å². The van der Waals surface area contributed by atoms with Gasteiger partial charge in [0.2, 0.25) is 0 Å². The van der Waals surface area contributed by atoms with Crippen LogP contribution in [0.4, 0.5) is 10.5 Å². The predicted octanol–water partition coefficient (Wildman–Crippen LogP) is 5.63. The lowest BCUT2D eigenvalue weighted by Crippen LogP contribution is -2.40. The van der Waals surface area contributed by atoms with E-state index in [2.05, 4.69) is 12.2 Å². The zero-order valence-corrected chi connectivity index (χ0v) is 25.0. The molecule has 3 aromatic carbocycles. The van der Waals surface area contributed by atoms with Crippen LogP contribution in [0.2, 0.25) is 0 Å². The number of nitrogens with one attached hydrogen (secondary N) is 1. The van der Waals surface area contributed by atoms with Crippen molar-refractivity contribution in [3.05, 3.63) is 76.9 Å². The lowest BCUT2D eigenvalue weighted by atomic mass is 9.95. The lowest BCUT2D eigenvalue weighted by molar-refractivity contribution is -0.132. The maximum atomic E-state index is 13.9. The Hall–Kier alpha value is -5.32. The van der Waals surface area contributed by atoms with Gasteiger partial charge in [0.15, 0.2) is 23.0 Å². The summed E-state index contributed by atoms with van der Waals surface area (Å²) in [6, 6.07) is 13.4. The first kappa shape index (κ1) is 30.1. The smallest absolute Gasteiger partial charge is 0.339 e. The van der Waals surface area contributed by atoms with Crippen molar-refractivity contribution in [1.29, 1.82) is 0 Å². The average Bonchev–Trinajstić information content (AvgIpc) is 3.50. The molecule has 0 aromatic heterocycles. The summed E-state index contributed by atoms with van der Waals surface area (Å²) in [5.74, 6) is -0.678. The van der Waals surface area contributed by atoms with Gasteiger partial charge in [0.1, 0.15) is 6.10 Å². The number of carbonyl (C=O) groups is 4. The van der Waals surface area contributed by atoms with Gasteiger partial charge >= 0.3 is 12.0 Å². The fourth-order valence-corrected chi connectivity index (χ4v) is 5.36. The Labute approximate surface area is 254 Å². The monoisotopic (exact) mass is 600 g/mol. The van der Waals surface area contributed by atoms with Crippen LogP contribution in [0.15, 0.2) is 54.6 Å². The summed E-state index contributed by atoms with van der Waals surface area (Å²) in [6.45, 7) is 2.05. The third kappa shape index (κ3) is 5.32. The van der Waals surface area contributed by atoms with Crippen molar-refractivity contribution >= 4 is 40.6 Å². The third-order valence-electron chi connectivity index (χ3n) is 7.57. The Bertz CT molecular complexity index is 1620. The van der Waals surface area contributed by atoms with Gasteiger partial charge in [0.25, 0.3) is 11.8 Å². The number of anilines is 1. The van der Waals surface area contributed by atoms with E-state index < -0.39 is 23.8 Å². The maximum Gasteiger partial charge on any atom is 0.339 e. The summed E-state index contributed by atoms with van der Waals surface area (Å²) in [6.07, 6.45) is 2.20. The zero-order chi connectivity index (χ0) is 31.5. The first-order valence-electron chi connectivity index (χ1n) is 14.0. The largest absolute Gasteiger partial charge is 0.493 e. The number of esters is 1. The molecule has 0 aliphatic carbocycles. The summed E-state index contributed by atoms with van der Waals surface area (Å²) in [5.41, 5.74) is 1.93. The van der Waals surface area contributed by atoms with Crippen LogP contribution in [-0.4, -0.2) is 57.2 Å². The summed E-state index contributed by atoms with van der Waals surface area (Å²) in [5, 5.41) is 2.60.